The minimum Gasteiger partial charge on any atom is -0.497 e. The summed E-state index contributed by atoms with van der Waals surface area (Å²) in [6.45, 7) is 2.00. The van der Waals surface area contributed by atoms with E-state index in [1.165, 1.54) is 31.4 Å². The first-order valence-electron chi connectivity index (χ1n) is 9.72. The maximum Gasteiger partial charge on any atom is 0.259 e. The molecule has 1 aromatic heterocycles. The molecule has 0 aliphatic rings. The first-order chi connectivity index (χ1) is 15.3. The summed E-state index contributed by atoms with van der Waals surface area (Å²) < 4.78 is 19.6. The smallest absolute Gasteiger partial charge is 0.259 e. The summed E-state index contributed by atoms with van der Waals surface area (Å²) in [6, 6.07) is 11.6. The first kappa shape index (κ1) is 22.4. The predicted molar refractivity (Wildman–Crippen MR) is 120 cm³/mol. The van der Waals surface area contributed by atoms with E-state index in [2.05, 4.69) is 15.6 Å². The minimum atomic E-state index is -0.838. The van der Waals surface area contributed by atoms with Crippen molar-refractivity contribution in [2.24, 2.45) is 5.73 Å². The van der Waals surface area contributed by atoms with E-state index in [0.29, 0.717) is 11.6 Å². The van der Waals surface area contributed by atoms with Crippen LogP contribution in [0.4, 0.5) is 15.9 Å². The maximum absolute atomic E-state index is 14.4. The molecule has 0 aliphatic heterocycles. The number of benzene rings is 2. The van der Waals surface area contributed by atoms with E-state index in [4.69, 9.17) is 15.9 Å². The van der Waals surface area contributed by atoms with Gasteiger partial charge in [0.15, 0.2) is 0 Å². The zero-order valence-corrected chi connectivity index (χ0v) is 17.5. The Kier molecular flexibility index (Phi) is 6.79. The summed E-state index contributed by atoms with van der Waals surface area (Å²) in [6.07, 6.45) is 2.48. The number of nitrogen functional groups attached to an aromatic ring is 1. The number of ether oxygens (including phenoxy) is 1. The van der Waals surface area contributed by atoms with Crippen molar-refractivity contribution in [1.82, 2.24) is 4.98 Å². The number of carbonyl (C=O) groups excluding carboxylic acids is 2. The van der Waals surface area contributed by atoms with Gasteiger partial charge in [-0.1, -0.05) is 19.1 Å². The zero-order chi connectivity index (χ0) is 23.3. The molecule has 0 unspecified atom stereocenters. The minimum absolute atomic E-state index is 0.111. The van der Waals surface area contributed by atoms with E-state index >= 15 is 0 Å². The lowest BCUT2D eigenvalue weighted by atomic mass is 10.1. The van der Waals surface area contributed by atoms with Crippen LogP contribution < -0.4 is 21.1 Å². The third-order valence-electron chi connectivity index (χ3n) is 4.72. The van der Waals surface area contributed by atoms with Gasteiger partial charge in [0, 0.05) is 11.8 Å². The van der Waals surface area contributed by atoms with Gasteiger partial charge in [-0.05, 0) is 48.4 Å². The Labute approximate surface area is 184 Å². The van der Waals surface area contributed by atoms with E-state index in [1.807, 2.05) is 13.0 Å². The Morgan fingerprint density at radius 3 is 2.41 bits per heavy atom. The van der Waals surface area contributed by atoms with Gasteiger partial charge in [0.05, 0.1) is 23.9 Å². The largest absolute Gasteiger partial charge is 0.497 e. The van der Waals surface area contributed by atoms with Gasteiger partial charge in [0.1, 0.15) is 23.2 Å². The molecule has 0 saturated heterocycles. The molecule has 0 aliphatic carbocycles. The van der Waals surface area contributed by atoms with E-state index in [1.54, 1.807) is 18.3 Å². The van der Waals surface area contributed by atoms with E-state index in [0.717, 1.165) is 18.1 Å². The van der Waals surface area contributed by atoms with Crippen LogP contribution in [0, 0.1) is 11.2 Å². The molecule has 2 aromatic carbocycles. The Hall–Kier alpha value is -4.27. The lowest BCUT2D eigenvalue weighted by Gasteiger charge is -2.13. The lowest BCUT2D eigenvalue weighted by molar-refractivity contribution is 0.102. The monoisotopic (exact) mass is 435 g/mol. The molecule has 0 spiro atoms. The van der Waals surface area contributed by atoms with Crippen LogP contribution in [0.2, 0.25) is 0 Å². The van der Waals surface area contributed by atoms with E-state index in [9.17, 15) is 14.0 Å². The number of nitrogens with two attached hydrogens (primary N) is 1. The van der Waals surface area contributed by atoms with Crippen molar-refractivity contribution in [3.63, 3.8) is 0 Å². The van der Waals surface area contributed by atoms with Gasteiger partial charge in [-0.15, -0.1) is 0 Å². The number of aromatic nitrogens is 1. The SMILES string of the molecule is CCc1ccc(NC(=O)c2cc(OC)ccc2NC(=O)c2ccc(C(=N)N)cc2F)nc1. The standard InChI is InChI=1S/C23H22FN5O3/c1-3-13-4-9-20(27-12-13)29-23(31)17-11-15(32-2)6-8-19(17)28-22(30)16-7-5-14(21(25)26)10-18(16)24/h4-12H,3H2,1-2H3,(H3,25,26)(H,28,30)(H,27,29,31). The topological polar surface area (TPSA) is 130 Å². The average Bonchev–Trinajstić information content (AvgIpc) is 2.79. The Bertz CT molecular complexity index is 1180. The molecule has 5 N–H and O–H groups in total. The Morgan fingerprint density at radius 1 is 1.06 bits per heavy atom. The normalized spacial score (nSPS) is 10.3. The van der Waals surface area contributed by atoms with Crippen LogP contribution in [0.15, 0.2) is 54.7 Å². The van der Waals surface area contributed by atoms with Crippen molar-refractivity contribution >= 4 is 29.2 Å². The van der Waals surface area contributed by atoms with E-state index in [-0.39, 0.29) is 28.2 Å². The molecular weight excluding hydrogens is 413 g/mol. The molecule has 164 valence electrons. The molecule has 2 amide bonds. The van der Waals surface area contributed by atoms with Gasteiger partial charge >= 0.3 is 0 Å². The number of rotatable bonds is 7. The van der Waals surface area contributed by atoms with Crippen molar-refractivity contribution in [2.75, 3.05) is 17.7 Å². The molecule has 1 heterocycles. The number of nitrogens with zero attached hydrogens (tertiary/aromatic N) is 1. The highest BCUT2D eigenvalue weighted by Gasteiger charge is 2.19. The van der Waals surface area contributed by atoms with Crippen LogP contribution in [0.3, 0.4) is 0 Å². The molecule has 8 nitrogen and oxygen atoms in total. The number of aryl methyl sites for hydroxylation is 1. The van der Waals surface area contributed by atoms with Gasteiger partial charge in [0.25, 0.3) is 11.8 Å². The average molecular weight is 435 g/mol. The number of hydrogen-bond donors (Lipinski definition) is 4. The summed E-state index contributed by atoms with van der Waals surface area (Å²) in [5.41, 5.74) is 6.54. The highest BCUT2D eigenvalue weighted by molar-refractivity contribution is 6.12. The van der Waals surface area contributed by atoms with Crippen LogP contribution in [-0.4, -0.2) is 29.7 Å². The number of pyridine rings is 1. The zero-order valence-electron chi connectivity index (χ0n) is 17.5. The van der Waals surface area contributed by atoms with Gasteiger partial charge < -0.3 is 21.1 Å². The molecule has 9 heteroatoms. The van der Waals surface area contributed by atoms with Crippen molar-refractivity contribution in [2.45, 2.75) is 13.3 Å². The molecule has 3 aromatic rings. The predicted octanol–water partition coefficient (Wildman–Crippen LogP) is 3.58. The second-order valence-corrected chi connectivity index (χ2v) is 6.83. The number of anilines is 2. The van der Waals surface area contributed by atoms with Gasteiger partial charge in [-0.2, -0.15) is 0 Å². The van der Waals surface area contributed by atoms with Crippen LogP contribution in [0.25, 0.3) is 0 Å². The van der Waals surface area contributed by atoms with Crippen molar-refractivity contribution < 1.29 is 18.7 Å². The van der Waals surface area contributed by atoms with Gasteiger partial charge in [0.2, 0.25) is 0 Å². The maximum atomic E-state index is 14.4. The highest BCUT2D eigenvalue weighted by atomic mass is 19.1. The number of hydrogen-bond acceptors (Lipinski definition) is 5. The molecule has 3 rings (SSSR count). The van der Waals surface area contributed by atoms with Crippen LogP contribution in [-0.2, 0) is 6.42 Å². The first-order valence-corrected chi connectivity index (χ1v) is 9.72. The van der Waals surface area contributed by atoms with Crippen LogP contribution >= 0.6 is 0 Å². The lowest BCUT2D eigenvalue weighted by Crippen LogP contribution is -2.20. The molecule has 0 saturated carbocycles. The molecular formula is C23H22FN5O3. The fourth-order valence-electron chi connectivity index (χ4n) is 2.89. The van der Waals surface area contributed by atoms with Crippen molar-refractivity contribution in [1.29, 1.82) is 5.41 Å². The fraction of sp³-hybridized carbons (Fsp3) is 0.130. The Morgan fingerprint density at radius 2 is 1.81 bits per heavy atom. The second-order valence-electron chi connectivity index (χ2n) is 6.83. The quantitative estimate of drug-likeness (QED) is 0.333. The third-order valence-corrected chi connectivity index (χ3v) is 4.72. The number of methoxy groups -OCH3 is 1. The number of nitrogens with one attached hydrogen (secondary N) is 3. The fourth-order valence-corrected chi connectivity index (χ4v) is 2.89. The van der Waals surface area contributed by atoms with Gasteiger partial charge in [-0.25, -0.2) is 9.37 Å². The summed E-state index contributed by atoms with van der Waals surface area (Å²) in [7, 11) is 1.45. The van der Waals surface area contributed by atoms with Crippen LogP contribution in [0.5, 0.6) is 5.75 Å². The summed E-state index contributed by atoms with van der Waals surface area (Å²) in [5.74, 6) is -1.69. The van der Waals surface area contributed by atoms with Crippen molar-refractivity contribution in [3.8, 4) is 5.75 Å². The molecule has 0 bridgehead atoms. The summed E-state index contributed by atoms with van der Waals surface area (Å²) in [5, 5.41) is 12.6. The van der Waals surface area contributed by atoms with Gasteiger partial charge in [-0.3, -0.25) is 15.0 Å². The number of carbonyl (C=O) groups is 2. The Balaban J connectivity index is 1.87. The molecule has 0 radical (unpaired) electrons. The second kappa shape index (κ2) is 9.69. The van der Waals surface area contributed by atoms with Crippen LogP contribution in [0.1, 0.15) is 38.8 Å². The highest BCUT2D eigenvalue weighted by Crippen LogP contribution is 2.24. The number of halogens is 1. The molecule has 0 atom stereocenters. The number of amidine groups is 1. The summed E-state index contributed by atoms with van der Waals surface area (Å²) >= 11 is 0. The van der Waals surface area contributed by atoms with E-state index < -0.39 is 17.6 Å². The third kappa shape index (κ3) is 5.07. The van der Waals surface area contributed by atoms with Crippen molar-refractivity contribution in [3.05, 3.63) is 82.8 Å². The molecule has 32 heavy (non-hydrogen) atoms. The molecule has 0 fully saturated rings. The summed E-state index contributed by atoms with van der Waals surface area (Å²) in [4.78, 5) is 29.8. The number of amides is 2.